The van der Waals surface area contributed by atoms with E-state index < -0.39 is 17.1 Å². The summed E-state index contributed by atoms with van der Waals surface area (Å²) in [5.41, 5.74) is -0.618. The third-order valence-electron chi connectivity index (χ3n) is 3.90. The van der Waals surface area contributed by atoms with Crippen molar-refractivity contribution in [3.05, 3.63) is 44.9 Å². The molecule has 2 aromatic rings. The first-order valence-electron chi connectivity index (χ1n) is 6.71. The predicted octanol–water partition coefficient (Wildman–Crippen LogP) is 0.591. The van der Waals surface area contributed by atoms with E-state index >= 15 is 0 Å². The van der Waals surface area contributed by atoms with Gasteiger partial charge in [0.25, 0.3) is 5.56 Å². The van der Waals surface area contributed by atoms with Gasteiger partial charge in [0.15, 0.2) is 0 Å². The predicted molar refractivity (Wildman–Crippen MR) is 74.4 cm³/mol. The van der Waals surface area contributed by atoms with Crippen molar-refractivity contribution in [1.82, 2.24) is 14.5 Å². The van der Waals surface area contributed by atoms with Gasteiger partial charge in [-0.05, 0) is 31.5 Å². The molecule has 1 aromatic heterocycles. The second kappa shape index (κ2) is 4.86. The smallest absolute Gasteiger partial charge is 0.312 e. The molecule has 1 atom stereocenters. The van der Waals surface area contributed by atoms with E-state index in [1.165, 1.54) is 16.7 Å². The molecule has 1 aromatic carbocycles. The van der Waals surface area contributed by atoms with Crippen molar-refractivity contribution < 1.29 is 4.39 Å². The Labute approximate surface area is 114 Å². The number of hydrogen-bond donors (Lipinski definition) is 1. The molecule has 1 aliphatic heterocycles. The van der Waals surface area contributed by atoms with Gasteiger partial charge < -0.3 is 5.32 Å². The van der Waals surface area contributed by atoms with Crippen molar-refractivity contribution >= 4 is 10.9 Å². The number of aryl methyl sites for hydroxylation is 1. The summed E-state index contributed by atoms with van der Waals surface area (Å²) in [6.45, 7) is 1.18. The lowest BCUT2D eigenvalue weighted by Crippen LogP contribution is -2.43. The lowest BCUT2D eigenvalue weighted by molar-refractivity contribution is 0.477. The second-order valence-corrected chi connectivity index (χ2v) is 5.18. The summed E-state index contributed by atoms with van der Waals surface area (Å²) < 4.78 is 16.4. The van der Waals surface area contributed by atoms with Gasteiger partial charge >= 0.3 is 5.69 Å². The molecular formula is C14H16FN3O2. The van der Waals surface area contributed by atoms with Crippen LogP contribution in [0.1, 0.15) is 12.8 Å². The van der Waals surface area contributed by atoms with E-state index in [0.717, 1.165) is 24.0 Å². The molecule has 0 radical (unpaired) electrons. The third-order valence-corrected chi connectivity index (χ3v) is 3.90. The molecule has 0 aliphatic carbocycles. The summed E-state index contributed by atoms with van der Waals surface area (Å²) in [6.07, 6.45) is 1.95. The highest BCUT2D eigenvalue weighted by atomic mass is 19.1. The van der Waals surface area contributed by atoms with Gasteiger partial charge in [-0.3, -0.25) is 13.9 Å². The molecule has 0 saturated carbocycles. The standard InChI is InChI=1S/C14H16FN3O2/c1-17-11-6-2-5-10(15)12(11)13(19)18(14(17)20)8-9-4-3-7-16-9/h2,5-6,9,16H,3-4,7-8H2,1H3. The van der Waals surface area contributed by atoms with Crippen molar-refractivity contribution in [2.24, 2.45) is 7.05 Å². The second-order valence-electron chi connectivity index (χ2n) is 5.18. The van der Waals surface area contributed by atoms with Crippen LogP contribution in [0.15, 0.2) is 27.8 Å². The summed E-state index contributed by atoms with van der Waals surface area (Å²) in [6, 6.07) is 4.43. The Hall–Kier alpha value is -1.95. The Morgan fingerprint density at radius 3 is 2.90 bits per heavy atom. The number of rotatable bonds is 2. The monoisotopic (exact) mass is 277 g/mol. The van der Waals surface area contributed by atoms with Gasteiger partial charge in [-0.15, -0.1) is 0 Å². The Morgan fingerprint density at radius 1 is 1.40 bits per heavy atom. The lowest BCUT2D eigenvalue weighted by Gasteiger charge is -2.14. The highest BCUT2D eigenvalue weighted by Gasteiger charge is 2.19. The van der Waals surface area contributed by atoms with E-state index in [4.69, 9.17) is 0 Å². The fourth-order valence-electron chi connectivity index (χ4n) is 2.80. The van der Waals surface area contributed by atoms with Crippen molar-refractivity contribution in [2.45, 2.75) is 25.4 Å². The molecule has 0 bridgehead atoms. The van der Waals surface area contributed by atoms with Crippen LogP contribution in [0, 0.1) is 5.82 Å². The van der Waals surface area contributed by atoms with E-state index in [2.05, 4.69) is 5.32 Å². The van der Waals surface area contributed by atoms with Gasteiger partial charge in [0, 0.05) is 19.6 Å². The highest BCUT2D eigenvalue weighted by Crippen LogP contribution is 2.12. The topological polar surface area (TPSA) is 56.0 Å². The van der Waals surface area contributed by atoms with E-state index in [-0.39, 0.29) is 18.0 Å². The molecule has 5 nitrogen and oxygen atoms in total. The summed E-state index contributed by atoms with van der Waals surface area (Å²) in [5.74, 6) is -0.587. The first-order chi connectivity index (χ1) is 9.59. The minimum atomic E-state index is -0.587. The number of hydrogen-bond acceptors (Lipinski definition) is 3. The molecule has 1 N–H and O–H groups in total. The number of benzene rings is 1. The molecule has 3 rings (SSSR count). The molecular weight excluding hydrogens is 261 g/mol. The van der Waals surface area contributed by atoms with E-state index in [9.17, 15) is 14.0 Å². The number of aromatic nitrogens is 2. The molecule has 6 heteroatoms. The van der Waals surface area contributed by atoms with Crippen LogP contribution < -0.4 is 16.6 Å². The highest BCUT2D eigenvalue weighted by molar-refractivity contribution is 5.78. The van der Waals surface area contributed by atoms with Crippen LogP contribution in [0.3, 0.4) is 0 Å². The van der Waals surface area contributed by atoms with Crippen molar-refractivity contribution in [3.63, 3.8) is 0 Å². The van der Waals surface area contributed by atoms with Crippen LogP contribution in [0.4, 0.5) is 4.39 Å². The van der Waals surface area contributed by atoms with E-state index in [0.29, 0.717) is 5.52 Å². The van der Waals surface area contributed by atoms with Crippen LogP contribution in [0.5, 0.6) is 0 Å². The molecule has 1 aliphatic rings. The number of nitrogens with one attached hydrogen (secondary N) is 1. The minimum Gasteiger partial charge on any atom is -0.312 e. The maximum absolute atomic E-state index is 13.9. The van der Waals surface area contributed by atoms with Gasteiger partial charge in [-0.2, -0.15) is 0 Å². The lowest BCUT2D eigenvalue weighted by atomic mass is 10.2. The van der Waals surface area contributed by atoms with Gasteiger partial charge in [0.05, 0.1) is 10.9 Å². The van der Waals surface area contributed by atoms with Gasteiger partial charge in [-0.1, -0.05) is 6.07 Å². The van der Waals surface area contributed by atoms with E-state index in [1.807, 2.05) is 0 Å². The molecule has 106 valence electrons. The Bertz CT molecular complexity index is 772. The Balaban J connectivity index is 2.24. The van der Waals surface area contributed by atoms with Crippen LogP contribution in [0.25, 0.3) is 10.9 Å². The van der Waals surface area contributed by atoms with Crippen LogP contribution in [-0.4, -0.2) is 21.7 Å². The molecule has 20 heavy (non-hydrogen) atoms. The first-order valence-corrected chi connectivity index (χ1v) is 6.71. The van der Waals surface area contributed by atoms with Gasteiger partial charge in [-0.25, -0.2) is 9.18 Å². The molecule has 2 heterocycles. The molecule has 0 amide bonds. The summed E-state index contributed by atoms with van der Waals surface area (Å²) in [5, 5.41) is 3.22. The number of halogens is 1. The number of nitrogens with zero attached hydrogens (tertiary/aromatic N) is 2. The minimum absolute atomic E-state index is 0.0207. The maximum Gasteiger partial charge on any atom is 0.331 e. The van der Waals surface area contributed by atoms with Crippen molar-refractivity contribution in [3.8, 4) is 0 Å². The summed E-state index contributed by atoms with van der Waals surface area (Å²) >= 11 is 0. The third kappa shape index (κ3) is 1.96. The van der Waals surface area contributed by atoms with Gasteiger partial charge in [0.1, 0.15) is 5.82 Å². The first kappa shape index (κ1) is 13.1. The fourth-order valence-corrected chi connectivity index (χ4v) is 2.80. The van der Waals surface area contributed by atoms with Crippen LogP contribution in [-0.2, 0) is 13.6 Å². The van der Waals surface area contributed by atoms with Crippen LogP contribution in [0.2, 0.25) is 0 Å². The molecule has 1 fully saturated rings. The Kier molecular flexibility index (Phi) is 3.17. The van der Waals surface area contributed by atoms with E-state index in [1.54, 1.807) is 13.1 Å². The zero-order valence-electron chi connectivity index (χ0n) is 11.2. The maximum atomic E-state index is 13.9. The molecule has 1 saturated heterocycles. The average molecular weight is 277 g/mol. The van der Waals surface area contributed by atoms with Crippen molar-refractivity contribution in [2.75, 3.05) is 6.54 Å². The quantitative estimate of drug-likeness (QED) is 0.874. The largest absolute Gasteiger partial charge is 0.331 e. The zero-order chi connectivity index (χ0) is 14.3. The normalized spacial score (nSPS) is 18.8. The summed E-state index contributed by atoms with van der Waals surface area (Å²) in [4.78, 5) is 24.7. The Morgan fingerprint density at radius 2 is 2.20 bits per heavy atom. The molecule has 0 spiro atoms. The molecule has 1 unspecified atom stereocenters. The van der Waals surface area contributed by atoms with Crippen LogP contribution >= 0.6 is 0 Å². The zero-order valence-corrected chi connectivity index (χ0v) is 11.2. The fraction of sp³-hybridized carbons (Fsp3) is 0.429. The SMILES string of the molecule is Cn1c(=O)n(CC2CCCN2)c(=O)c2c(F)cccc21. The summed E-state index contributed by atoms with van der Waals surface area (Å²) in [7, 11) is 1.56. The van der Waals surface area contributed by atoms with Crippen molar-refractivity contribution in [1.29, 1.82) is 0 Å². The average Bonchev–Trinajstić information content (AvgIpc) is 2.94. The number of fused-ring (bicyclic) bond motifs is 1. The van der Waals surface area contributed by atoms with Gasteiger partial charge in [0.2, 0.25) is 0 Å².